The first-order chi connectivity index (χ1) is 7.66. The van der Waals surface area contributed by atoms with E-state index in [2.05, 4.69) is 0 Å². The van der Waals surface area contributed by atoms with Crippen LogP contribution in [0.4, 0.5) is 5.69 Å². The lowest BCUT2D eigenvalue weighted by Gasteiger charge is -2.23. The minimum atomic E-state index is -0.557. The van der Waals surface area contributed by atoms with Crippen LogP contribution in [0.25, 0.3) is 0 Å². The van der Waals surface area contributed by atoms with E-state index in [-0.39, 0.29) is 5.91 Å². The minimum absolute atomic E-state index is 0.165. The molecular weight excluding hydrogens is 202 g/mol. The molecular formula is C12H15N3O. The van der Waals surface area contributed by atoms with E-state index in [9.17, 15) is 4.79 Å². The largest absolute Gasteiger partial charge is 0.320 e. The summed E-state index contributed by atoms with van der Waals surface area (Å²) >= 11 is 0. The molecule has 0 aliphatic rings. The molecule has 0 saturated carbocycles. The number of nitrogens with two attached hydrogens (primary N) is 1. The Morgan fingerprint density at radius 2 is 2.12 bits per heavy atom. The van der Waals surface area contributed by atoms with Crippen LogP contribution < -0.4 is 10.6 Å². The summed E-state index contributed by atoms with van der Waals surface area (Å²) in [5, 5.41) is 8.56. The van der Waals surface area contributed by atoms with E-state index in [1.807, 2.05) is 36.4 Å². The summed E-state index contributed by atoms with van der Waals surface area (Å²) in [7, 11) is 0. The van der Waals surface area contributed by atoms with Crippen LogP contribution in [0.15, 0.2) is 30.3 Å². The van der Waals surface area contributed by atoms with Crippen molar-refractivity contribution >= 4 is 11.6 Å². The molecule has 4 nitrogen and oxygen atoms in total. The van der Waals surface area contributed by atoms with Crippen LogP contribution in [0, 0.1) is 11.3 Å². The van der Waals surface area contributed by atoms with Crippen LogP contribution in [0.3, 0.4) is 0 Å². The minimum Gasteiger partial charge on any atom is -0.320 e. The Bertz CT molecular complexity index is 381. The fraction of sp³-hybridized carbons (Fsp3) is 0.333. The van der Waals surface area contributed by atoms with Gasteiger partial charge in [0.05, 0.1) is 18.5 Å². The molecule has 2 N–H and O–H groups in total. The van der Waals surface area contributed by atoms with Gasteiger partial charge in [0.2, 0.25) is 5.91 Å². The summed E-state index contributed by atoms with van der Waals surface area (Å²) in [6.45, 7) is 2.02. The quantitative estimate of drug-likeness (QED) is 0.825. The van der Waals surface area contributed by atoms with Gasteiger partial charge >= 0.3 is 0 Å². The van der Waals surface area contributed by atoms with E-state index >= 15 is 0 Å². The smallest absolute Gasteiger partial charge is 0.243 e. The second kappa shape index (κ2) is 5.89. The number of hydrogen-bond donors (Lipinski definition) is 1. The Morgan fingerprint density at radius 1 is 1.50 bits per heavy atom. The lowest BCUT2D eigenvalue weighted by molar-refractivity contribution is -0.119. The van der Waals surface area contributed by atoms with Gasteiger partial charge in [0.15, 0.2) is 0 Å². The molecule has 16 heavy (non-hydrogen) atoms. The van der Waals surface area contributed by atoms with Crippen LogP contribution in [0.1, 0.15) is 13.3 Å². The molecule has 0 aliphatic carbocycles. The maximum absolute atomic E-state index is 11.8. The van der Waals surface area contributed by atoms with Gasteiger partial charge in [0.25, 0.3) is 0 Å². The molecule has 0 aromatic heterocycles. The fourth-order valence-corrected chi connectivity index (χ4v) is 1.38. The topological polar surface area (TPSA) is 70.1 Å². The zero-order valence-electron chi connectivity index (χ0n) is 9.26. The van der Waals surface area contributed by atoms with E-state index in [0.717, 1.165) is 5.69 Å². The van der Waals surface area contributed by atoms with Crippen LogP contribution in [0.2, 0.25) is 0 Å². The van der Waals surface area contributed by atoms with Crippen LogP contribution >= 0.6 is 0 Å². The SMILES string of the molecule is C[C@H](N)C(=O)N(CCC#N)c1ccccc1. The van der Waals surface area contributed by atoms with E-state index in [0.29, 0.717) is 13.0 Å². The van der Waals surface area contributed by atoms with E-state index < -0.39 is 6.04 Å². The number of carbonyl (C=O) groups excluding carboxylic acids is 1. The van der Waals surface area contributed by atoms with Gasteiger partial charge in [-0.2, -0.15) is 5.26 Å². The highest BCUT2D eigenvalue weighted by atomic mass is 16.2. The number of amides is 1. The Morgan fingerprint density at radius 3 is 2.62 bits per heavy atom. The number of rotatable bonds is 4. The van der Waals surface area contributed by atoms with Crippen LogP contribution in [0.5, 0.6) is 0 Å². The molecule has 1 atom stereocenters. The molecule has 1 aromatic carbocycles. The first kappa shape index (κ1) is 12.2. The molecule has 0 fully saturated rings. The van der Waals surface area contributed by atoms with Gasteiger partial charge in [0, 0.05) is 12.2 Å². The molecule has 1 aromatic rings. The summed E-state index contributed by atoms with van der Waals surface area (Å²) in [6, 6.07) is 10.7. The van der Waals surface area contributed by atoms with Crippen molar-refractivity contribution in [2.45, 2.75) is 19.4 Å². The van der Waals surface area contributed by atoms with Crippen molar-refractivity contribution in [3.05, 3.63) is 30.3 Å². The molecule has 0 radical (unpaired) electrons. The summed E-state index contributed by atoms with van der Waals surface area (Å²) in [6.07, 6.45) is 0.299. The predicted octanol–water partition coefficient (Wildman–Crippen LogP) is 1.28. The lowest BCUT2D eigenvalue weighted by Crippen LogP contribution is -2.42. The molecule has 1 rings (SSSR count). The van der Waals surface area contributed by atoms with Gasteiger partial charge in [-0.25, -0.2) is 0 Å². The summed E-state index contributed by atoms with van der Waals surface area (Å²) in [5.74, 6) is -0.165. The molecule has 84 valence electrons. The number of carbonyl (C=O) groups is 1. The number of nitrogens with zero attached hydrogens (tertiary/aromatic N) is 2. The highest BCUT2D eigenvalue weighted by molar-refractivity contribution is 5.96. The second-order valence-electron chi connectivity index (χ2n) is 3.52. The van der Waals surface area contributed by atoms with Gasteiger partial charge < -0.3 is 10.6 Å². The molecule has 0 saturated heterocycles. The van der Waals surface area contributed by atoms with Crippen molar-refractivity contribution in [1.29, 1.82) is 5.26 Å². The van der Waals surface area contributed by atoms with E-state index in [4.69, 9.17) is 11.0 Å². The number of anilines is 1. The highest BCUT2D eigenvalue weighted by Gasteiger charge is 2.18. The van der Waals surface area contributed by atoms with Crippen molar-refractivity contribution in [1.82, 2.24) is 0 Å². The number of nitriles is 1. The van der Waals surface area contributed by atoms with Crippen LogP contribution in [-0.4, -0.2) is 18.5 Å². The molecule has 0 spiro atoms. The average Bonchev–Trinajstić information content (AvgIpc) is 2.30. The standard InChI is InChI=1S/C12H15N3O/c1-10(14)12(16)15(9-5-8-13)11-6-3-2-4-7-11/h2-4,6-7,10H,5,9,14H2,1H3/t10-/m0/s1. The highest BCUT2D eigenvalue weighted by Crippen LogP contribution is 2.14. The Labute approximate surface area is 95.3 Å². The normalized spacial score (nSPS) is 11.6. The van der Waals surface area contributed by atoms with Crippen molar-refractivity contribution in [3.63, 3.8) is 0 Å². The zero-order chi connectivity index (χ0) is 12.0. The third kappa shape index (κ3) is 3.07. The molecule has 0 heterocycles. The number of benzene rings is 1. The maximum atomic E-state index is 11.8. The van der Waals surface area contributed by atoms with Crippen LogP contribution in [-0.2, 0) is 4.79 Å². The van der Waals surface area contributed by atoms with Crippen molar-refractivity contribution in [3.8, 4) is 6.07 Å². The third-order valence-corrected chi connectivity index (χ3v) is 2.17. The monoisotopic (exact) mass is 217 g/mol. The first-order valence-corrected chi connectivity index (χ1v) is 5.15. The number of para-hydroxylation sites is 1. The molecule has 0 unspecified atom stereocenters. The first-order valence-electron chi connectivity index (χ1n) is 5.15. The summed E-state index contributed by atoms with van der Waals surface area (Å²) in [4.78, 5) is 13.4. The van der Waals surface area contributed by atoms with Crippen molar-refractivity contribution in [2.24, 2.45) is 5.73 Å². The molecule has 4 heteroatoms. The zero-order valence-corrected chi connectivity index (χ0v) is 9.26. The predicted molar refractivity (Wildman–Crippen MR) is 62.7 cm³/mol. The van der Waals surface area contributed by atoms with Gasteiger partial charge in [0.1, 0.15) is 0 Å². The number of hydrogen-bond acceptors (Lipinski definition) is 3. The Balaban J connectivity index is 2.88. The van der Waals surface area contributed by atoms with E-state index in [1.54, 1.807) is 11.8 Å². The summed E-state index contributed by atoms with van der Waals surface area (Å²) in [5.41, 5.74) is 6.35. The molecule has 1 amide bonds. The maximum Gasteiger partial charge on any atom is 0.243 e. The van der Waals surface area contributed by atoms with Crippen molar-refractivity contribution in [2.75, 3.05) is 11.4 Å². The average molecular weight is 217 g/mol. The van der Waals surface area contributed by atoms with Gasteiger partial charge in [-0.1, -0.05) is 18.2 Å². The summed E-state index contributed by atoms with van der Waals surface area (Å²) < 4.78 is 0. The van der Waals surface area contributed by atoms with Gasteiger partial charge in [-0.15, -0.1) is 0 Å². The van der Waals surface area contributed by atoms with Gasteiger partial charge in [-0.3, -0.25) is 4.79 Å². The fourth-order valence-electron chi connectivity index (χ4n) is 1.38. The Kier molecular flexibility index (Phi) is 4.49. The Hall–Kier alpha value is -1.86. The second-order valence-corrected chi connectivity index (χ2v) is 3.52. The van der Waals surface area contributed by atoms with E-state index in [1.165, 1.54) is 0 Å². The van der Waals surface area contributed by atoms with Crippen molar-refractivity contribution < 1.29 is 4.79 Å². The molecule has 0 bridgehead atoms. The third-order valence-electron chi connectivity index (χ3n) is 2.17. The molecule has 0 aliphatic heterocycles. The lowest BCUT2D eigenvalue weighted by atomic mass is 10.2. The van der Waals surface area contributed by atoms with Gasteiger partial charge in [-0.05, 0) is 19.1 Å².